The molecule has 0 radical (unpaired) electrons. The highest BCUT2D eigenvalue weighted by atomic mass is 32.1. The van der Waals surface area contributed by atoms with Crippen molar-refractivity contribution in [1.29, 1.82) is 0 Å². The molecule has 3 aromatic rings. The molecule has 3 heterocycles. The molecule has 2 N–H and O–H groups in total. The topological polar surface area (TPSA) is 96.7 Å². The molecule has 3 aromatic heterocycles. The molecule has 7 nitrogen and oxygen atoms in total. The van der Waals surface area contributed by atoms with Gasteiger partial charge in [-0.25, -0.2) is 9.97 Å². The molecule has 1 aliphatic rings. The van der Waals surface area contributed by atoms with Crippen molar-refractivity contribution in [2.45, 2.75) is 18.8 Å². The summed E-state index contributed by atoms with van der Waals surface area (Å²) in [5.74, 6) is 0.324. The van der Waals surface area contributed by atoms with Gasteiger partial charge in [-0.05, 0) is 12.8 Å². The first-order chi connectivity index (χ1) is 10.3. The fraction of sp³-hybridized carbons (Fsp3) is 0.231. The molecule has 0 aromatic carbocycles. The molecular formula is C13H11N5O2S. The summed E-state index contributed by atoms with van der Waals surface area (Å²) in [7, 11) is 0. The first kappa shape index (κ1) is 12.3. The lowest BCUT2D eigenvalue weighted by atomic mass is 10.2. The van der Waals surface area contributed by atoms with Gasteiger partial charge in [-0.1, -0.05) is 0 Å². The van der Waals surface area contributed by atoms with Crippen molar-refractivity contribution in [1.82, 2.24) is 20.2 Å². The third-order valence-electron chi connectivity index (χ3n) is 3.30. The van der Waals surface area contributed by atoms with E-state index in [9.17, 15) is 4.79 Å². The van der Waals surface area contributed by atoms with Gasteiger partial charge < -0.3 is 9.73 Å². The molecule has 4 rings (SSSR count). The highest BCUT2D eigenvalue weighted by Gasteiger charge is 2.32. The maximum absolute atomic E-state index is 12.3. The van der Waals surface area contributed by atoms with Crippen LogP contribution in [0.4, 0.5) is 5.69 Å². The highest BCUT2D eigenvalue weighted by Crippen LogP contribution is 2.41. The Morgan fingerprint density at radius 2 is 2.33 bits per heavy atom. The number of anilines is 1. The van der Waals surface area contributed by atoms with Crippen LogP contribution in [0.3, 0.4) is 0 Å². The molecule has 106 valence electrons. The quantitative estimate of drug-likeness (QED) is 0.772. The van der Waals surface area contributed by atoms with Crippen molar-refractivity contribution in [3.63, 3.8) is 0 Å². The van der Waals surface area contributed by atoms with Gasteiger partial charge >= 0.3 is 0 Å². The number of H-pyrrole nitrogens is 1. The summed E-state index contributed by atoms with van der Waals surface area (Å²) in [5.41, 5.74) is 2.01. The number of carbonyl (C=O) groups is 1. The number of hydrogen-bond acceptors (Lipinski definition) is 6. The predicted molar refractivity (Wildman–Crippen MR) is 76.1 cm³/mol. The van der Waals surface area contributed by atoms with Crippen molar-refractivity contribution in [3.8, 4) is 10.7 Å². The normalized spacial score (nSPS) is 14.3. The molecule has 0 bridgehead atoms. The van der Waals surface area contributed by atoms with Crippen LogP contribution < -0.4 is 5.32 Å². The molecule has 0 spiro atoms. The van der Waals surface area contributed by atoms with Crippen molar-refractivity contribution in [3.05, 3.63) is 35.6 Å². The lowest BCUT2D eigenvalue weighted by Gasteiger charge is -2.03. The van der Waals surface area contributed by atoms with Gasteiger partial charge in [-0.3, -0.25) is 9.89 Å². The van der Waals surface area contributed by atoms with Crippen LogP contribution in [-0.4, -0.2) is 26.1 Å². The maximum Gasteiger partial charge on any atom is 0.293 e. The first-order valence-electron chi connectivity index (χ1n) is 6.51. The smallest absolute Gasteiger partial charge is 0.293 e. The summed E-state index contributed by atoms with van der Waals surface area (Å²) in [6, 6.07) is 0. The Bertz CT molecular complexity index is 772. The third-order valence-corrected chi connectivity index (χ3v) is 4.09. The lowest BCUT2D eigenvalue weighted by molar-refractivity contribution is 0.0995. The molecule has 0 saturated heterocycles. The second-order valence-electron chi connectivity index (χ2n) is 4.79. The van der Waals surface area contributed by atoms with E-state index in [1.165, 1.54) is 17.7 Å². The van der Waals surface area contributed by atoms with Crippen LogP contribution in [0.1, 0.15) is 35.0 Å². The van der Waals surface area contributed by atoms with Gasteiger partial charge in [0.1, 0.15) is 10.7 Å². The van der Waals surface area contributed by atoms with E-state index in [1.807, 2.05) is 5.38 Å². The van der Waals surface area contributed by atoms with E-state index < -0.39 is 0 Å². The molecule has 1 aliphatic carbocycles. The molecule has 1 fully saturated rings. The zero-order valence-corrected chi connectivity index (χ0v) is 11.7. The Hall–Kier alpha value is -2.48. The zero-order valence-electron chi connectivity index (χ0n) is 10.9. The molecular weight excluding hydrogens is 290 g/mol. The van der Waals surface area contributed by atoms with Gasteiger partial charge in [0.05, 0.1) is 17.6 Å². The molecule has 1 saturated carbocycles. The van der Waals surface area contributed by atoms with E-state index in [0.29, 0.717) is 17.3 Å². The number of nitrogens with zero attached hydrogens (tertiary/aromatic N) is 3. The lowest BCUT2D eigenvalue weighted by Crippen LogP contribution is -2.13. The summed E-state index contributed by atoms with van der Waals surface area (Å²) in [6.07, 6.45) is 6.70. The van der Waals surface area contributed by atoms with Crippen LogP contribution in [-0.2, 0) is 0 Å². The highest BCUT2D eigenvalue weighted by molar-refractivity contribution is 7.13. The summed E-state index contributed by atoms with van der Waals surface area (Å²) in [4.78, 5) is 20.7. The number of aromatic nitrogens is 4. The number of carbonyl (C=O) groups excluding carboxylic acids is 1. The number of rotatable bonds is 4. The van der Waals surface area contributed by atoms with Gasteiger partial charge in [0.25, 0.3) is 5.91 Å². The number of oxazole rings is 1. The number of thiazole rings is 1. The summed E-state index contributed by atoms with van der Waals surface area (Å²) < 4.78 is 5.24. The Kier molecular flexibility index (Phi) is 2.81. The van der Waals surface area contributed by atoms with Gasteiger partial charge in [0, 0.05) is 17.5 Å². The monoisotopic (exact) mass is 301 g/mol. The SMILES string of the molecule is O=C(Nc1cn[nH]c1-c1nccs1)c1ocnc1C1CC1. The minimum absolute atomic E-state index is 0.281. The fourth-order valence-corrected chi connectivity index (χ4v) is 2.79. The van der Waals surface area contributed by atoms with Gasteiger partial charge in [-0.2, -0.15) is 5.10 Å². The Balaban J connectivity index is 1.60. The second kappa shape index (κ2) is 4.81. The second-order valence-corrected chi connectivity index (χ2v) is 5.69. The average molecular weight is 301 g/mol. The molecule has 8 heteroatoms. The molecule has 21 heavy (non-hydrogen) atoms. The minimum Gasteiger partial charge on any atom is -0.438 e. The molecule has 1 amide bonds. The van der Waals surface area contributed by atoms with E-state index in [0.717, 1.165) is 23.5 Å². The van der Waals surface area contributed by atoms with Crippen LogP contribution in [0.25, 0.3) is 10.7 Å². The molecule has 0 unspecified atom stereocenters. The van der Waals surface area contributed by atoms with Crippen LogP contribution in [0.2, 0.25) is 0 Å². The van der Waals surface area contributed by atoms with E-state index in [4.69, 9.17) is 4.42 Å². The van der Waals surface area contributed by atoms with E-state index in [-0.39, 0.29) is 11.7 Å². The van der Waals surface area contributed by atoms with Crippen LogP contribution in [0.5, 0.6) is 0 Å². The predicted octanol–water partition coefficient (Wildman–Crippen LogP) is 2.65. The summed E-state index contributed by atoms with van der Waals surface area (Å²) in [5, 5.41) is 12.2. The third kappa shape index (κ3) is 2.23. The fourth-order valence-electron chi connectivity index (χ4n) is 2.14. The largest absolute Gasteiger partial charge is 0.438 e. The average Bonchev–Trinajstić information content (AvgIpc) is 2.94. The van der Waals surface area contributed by atoms with Crippen LogP contribution >= 0.6 is 11.3 Å². The number of aromatic amines is 1. The number of hydrogen-bond donors (Lipinski definition) is 2. The Morgan fingerprint density at radius 1 is 1.43 bits per heavy atom. The minimum atomic E-state index is -0.311. The van der Waals surface area contributed by atoms with Crippen molar-refractivity contribution >= 4 is 22.9 Å². The zero-order chi connectivity index (χ0) is 14.2. The summed E-state index contributed by atoms with van der Waals surface area (Å²) >= 11 is 1.47. The van der Waals surface area contributed by atoms with Gasteiger partial charge in [-0.15, -0.1) is 11.3 Å². The van der Waals surface area contributed by atoms with Crippen molar-refractivity contribution < 1.29 is 9.21 Å². The van der Waals surface area contributed by atoms with E-state index in [1.54, 1.807) is 12.4 Å². The van der Waals surface area contributed by atoms with Crippen molar-refractivity contribution in [2.24, 2.45) is 0 Å². The number of amides is 1. The first-order valence-corrected chi connectivity index (χ1v) is 7.39. The number of nitrogens with one attached hydrogen (secondary N) is 2. The maximum atomic E-state index is 12.3. The Morgan fingerprint density at radius 3 is 3.10 bits per heavy atom. The van der Waals surface area contributed by atoms with Gasteiger partial charge in [0.15, 0.2) is 6.39 Å². The molecule has 0 aliphatic heterocycles. The van der Waals surface area contributed by atoms with Crippen LogP contribution in [0, 0.1) is 0 Å². The van der Waals surface area contributed by atoms with E-state index in [2.05, 4.69) is 25.5 Å². The van der Waals surface area contributed by atoms with Gasteiger partial charge in [0.2, 0.25) is 5.76 Å². The Labute approximate surface area is 123 Å². The van der Waals surface area contributed by atoms with Crippen molar-refractivity contribution in [2.75, 3.05) is 5.32 Å². The molecule has 0 atom stereocenters. The van der Waals surface area contributed by atoms with Crippen LogP contribution in [0.15, 0.2) is 28.6 Å². The standard InChI is InChI=1S/C13H11N5O2S/c19-12(11-9(7-1-2-7)15-6-20-11)17-8-5-16-18-10(8)13-14-3-4-21-13/h3-7H,1-2H2,(H,16,18)(H,17,19). The van der Waals surface area contributed by atoms with E-state index >= 15 is 0 Å². The summed E-state index contributed by atoms with van der Waals surface area (Å²) in [6.45, 7) is 0.